The summed E-state index contributed by atoms with van der Waals surface area (Å²) in [5.74, 6) is 0.359. The van der Waals surface area contributed by atoms with Crippen LogP contribution in [0.5, 0.6) is 0 Å². The molecular weight excluding hydrogens is 260 g/mol. The van der Waals surface area contributed by atoms with Crippen molar-refractivity contribution in [2.24, 2.45) is 0 Å². The van der Waals surface area contributed by atoms with Crippen molar-refractivity contribution in [3.05, 3.63) is 5.56 Å². The molecule has 7 heteroatoms. The second-order valence-electron chi connectivity index (χ2n) is 4.99. The van der Waals surface area contributed by atoms with E-state index in [1.807, 2.05) is 0 Å². The van der Waals surface area contributed by atoms with Gasteiger partial charge in [0.25, 0.3) is 0 Å². The van der Waals surface area contributed by atoms with Crippen LogP contribution < -0.4 is 10.6 Å². The third-order valence-corrected chi connectivity index (χ3v) is 4.26. The molecule has 0 atom stereocenters. The fourth-order valence-corrected chi connectivity index (χ4v) is 2.95. The molecule has 0 aromatic carbocycles. The number of hydrogen-bond donors (Lipinski definition) is 1. The number of nitrogens with two attached hydrogens (primary N) is 1. The van der Waals surface area contributed by atoms with E-state index < -0.39 is 0 Å². The largest absolute Gasteiger partial charge is 0.382 e. The van der Waals surface area contributed by atoms with E-state index in [9.17, 15) is 0 Å². The minimum atomic E-state index is 0.359. The molecule has 0 radical (unpaired) electrons. The molecule has 2 heterocycles. The van der Waals surface area contributed by atoms with Crippen LogP contribution in [-0.2, 0) is 0 Å². The number of rotatable bonds is 4. The summed E-state index contributed by atoms with van der Waals surface area (Å²) >= 11 is 1.33. The molecule has 0 aliphatic carbocycles. The lowest BCUT2D eigenvalue weighted by Gasteiger charge is -2.35. The first-order valence-electron chi connectivity index (χ1n) is 6.39. The Morgan fingerprint density at radius 2 is 2.05 bits per heavy atom. The second kappa shape index (κ2) is 6.19. The van der Waals surface area contributed by atoms with Gasteiger partial charge in [0.1, 0.15) is 16.6 Å². The first-order chi connectivity index (χ1) is 9.11. The summed E-state index contributed by atoms with van der Waals surface area (Å²) in [7, 11) is 4.19. The Labute approximate surface area is 118 Å². The molecule has 1 aliphatic rings. The molecule has 1 saturated heterocycles. The zero-order valence-corrected chi connectivity index (χ0v) is 12.3. The van der Waals surface area contributed by atoms with Gasteiger partial charge in [0.15, 0.2) is 5.82 Å². The predicted octanol–water partition coefficient (Wildman–Crippen LogP) is 0.281. The van der Waals surface area contributed by atoms with Crippen molar-refractivity contribution in [2.75, 3.05) is 64.0 Å². The van der Waals surface area contributed by atoms with Gasteiger partial charge in [-0.15, -0.1) is 0 Å². The second-order valence-corrected chi connectivity index (χ2v) is 5.74. The van der Waals surface area contributed by atoms with Crippen LogP contribution >= 0.6 is 11.5 Å². The molecule has 19 heavy (non-hydrogen) atoms. The molecule has 0 unspecified atom stereocenters. The molecule has 104 valence electrons. The van der Waals surface area contributed by atoms with Crippen LogP contribution in [0.15, 0.2) is 0 Å². The van der Waals surface area contributed by atoms with Gasteiger partial charge in [-0.2, -0.15) is 9.64 Å². The molecular formula is C12H20N6S. The Hall–Kier alpha value is -1.36. The number of likely N-dealkylation sites (N-methyl/N-ethyl adjacent to an activating group) is 1. The van der Waals surface area contributed by atoms with Gasteiger partial charge < -0.3 is 15.5 Å². The van der Waals surface area contributed by atoms with E-state index in [-0.39, 0.29) is 0 Å². The van der Waals surface area contributed by atoms with Crippen molar-refractivity contribution < 1.29 is 0 Å². The minimum absolute atomic E-state index is 0.359. The summed E-state index contributed by atoms with van der Waals surface area (Å²) in [6.45, 7) is 6.09. The fourth-order valence-electron chi connectivity index (χ4n) is 2.13. The maximum absolute atomic E-state index is 9.11. The number of nitriles is 1. The normalized spacial score (nSPS) is 16.8. The highest BCUT2D eigenvalue weighted by Crippen LogP contribution is 2.30. The number of nitrogen functional groups attached to an aromatic ring is 1. The number of piperazine rings is 1. The highest BCUT2D eigenvalue weighted by molar-refractivity contribution is 7.10. The molecule has 0 spiro atoms. The van der Waals surface area contributed by atoms with Gasteiger partial charge >= 0.3 is 0 Å². The van der Waals surface area contributed by atoms with Crippen molar-refractivity contribution in [2.45, 2.75) is 0 Å². The zero-order valence-electron chi connectivity index (χ0n) is 11.5. The van der Waals surface area contributed by atoms with Gasteiger partial charge in [0, 0.05) is 39.3 Å². The molecule has 1 aliphatic heterocycles. The molecule has 1 aromatic rings. The summed E-state index contributed by atoms with van der Waals surface area (Å²) in [6, 6.07) is 2.15. The van der Waals surface area contributed by atoms with Gasteiger partial charge in [-0.3, -0.25) is 4.90 Å². The van der Waals surface area contributed by atoms with E-state index in [1.54, 1.807) is 0 Å². The minimum Gasteiger partial charge on any atom is -0.382 e. The zero-order chi connectivity index (χ0) is 13.8. The fraction of sp³-hybridized carbons (Fsp3) is 0.667. The number of hydrogen-bond acceptors (Lipinski definition) is 7. The quantitative estimate of drug-likeness (QED) is 0.854. The Morgan fingerprint density at radius 3 is 2.63 bits per heavy atom. The van der Waals surface area contributed by atoms with Crippen molar-refractivity contribution in [1.82, 2.24) is 14.2 Å². The van der Waals surface area contributed by atoms with Gasteiger partial charge in [-0.25, -0.2) is 0 Å². The van der Waals surface area contributed by atoms with Crippen LogP contribution in [0.3, 0.4) is 0 Å². The van der Waals surface area contributed by atoms with Crippen LogP contribution in [0, 0.1) is 11.3 Å². The molecule has 2 N–H and O–H groups in total. The van der Waals surface area contributed by atoms with Crippen molar-refractivity contribution in [1.29, 1.82) is 5.26 Å². The Morgan fingerprint density at radius 1 is 1.37 bits per heavy atom. The average molecular weight is 280 g/mol. The lowest BCUT2D eigenvalue weighted by atomic mass is 10.2. The van der Waals surface area contributed by atoms with Gasteiger partial charge in [-0.05, 0) is 25.6 Å². The molecule has 1 fully saturated rings. The SMILES string of the molecule is CN(C)CCN1CCN(c2snc(N)c2C#N)CC1. The van der Waals surface area contributed by atoms with Crippen molar-refractivity contribution in [3.8, 4) is 6.07 Å². The Bertz CT molecular complexity index is 455. The van der Waals surface area contributed by atoms with Crippen molar-refractivity contribution >= 4 is 22.4 Å². The summed E-state index contributed by atoms with van der Waals surface area (Å²) in [5.41, 5.74) is 6.24. The van der Waals surface area contributed by atoms with E-state index in [4.69, 9.17) is 11.0 Å². The first kappa shape index (κ1) is 14.1. The summed E-state index contributed by atoms with van der Waals surface area (Å²) in [6.07, 6.45) is 0. The monoisotopic (exact) mass is 280 g/mol. The first-order valence-corrected chi connectivity index (χ1v) is 7.16. The predicted molar refractivity (Wildman–Crippen MR) is 78.4 cm³/mol. The summed E-state index contributed by atoms with van der Waals surface area (Å²) in [4.78, 5) is 6.87. The third-order valence-electron chi connectivity index (χ3n) is 3.34. The number of anilines is 2. The van der Waals surface area contributed by atoms with Crippen LogP contribution in [0.25, 0.3) is 0 Å². The summed E-state index contributed by atoms with van der Waals surface area (Å²) < 4.78 is 4.08. The van der Waals surface area contributed by atoms with Crippen LogP contribution in [0.4, 0.5) is 10.8 Å². The van der Waals surface area contributed by atoms with Crippen molar-refractivity contribution in [3.63, 3.8) is 0 Å². The molecule has 2 rings (SSSR count). The molecule has 1 aromatic heterocycles. The lowest BCUT2D eigenvalue weighted by Crippen LogP contribution is -2.48. The summed E-state index contributed by atoms with van der Waals surface area (Å²) in [5, 5.41) is 10.0. The maximum Gasteiger partial charge on any atom is 0.157 e. The van der Waals surface area contributed by atoms with E-state index in [2.05, 4.69) is 39.2 Å². The highest BCUT2D eigenvalue weighted by atomic mass is 32.1. The maximum atomic E-state index is 9.11. The molecule has 0 saturated carbocycles. The highest BCUT2D eigenvalue weighted by Gasteiger charge is 2.22. The van der Waals surface area contributed by atoms with E-state index in [0.29, 0.717) is 11.4 Å². The standard InChI is InChI=1S/C12H20N6S/c1-16(2)3-4-17-5-7-18(8-6-17)12-10(9-13)11(14)15-19-12/h3-8H2,1-2H3,(H2,14,15). The topological polar surface area (TPSA) is 72.4 Å². The Balaban J connectivity index is 1.91. The molecule has 6 nitrogen and oxygen atoms in total. The van der Waals surface area contributed by atoms with Gasteiger partial charge in [0.05, 0.1) is 0 Å². The van der Waals surface area contributed by atoms with E-state index >= 15 is 0 Å². The number of aromatic nitrogens is 1. The average Bonchev–Trinajstić information content (AvgIpc) is 2.78. The Kier molecular flexibility index (Phi) is 4.58. The van der Waals surface area contributed by atoms with Gasteiger partial charge in [-0.1, -0.05) is 0 Å². The lowest BCUT2D eigenvalue weighted by molar-refractivity contribution is 0.230. The van der Waals surface area contributed by atoms with E-state index in [1.165, 1.54) is 11.5 Å². The van der Waals surface area contributed by atoms with Crippen LogP contribution in [-0.4, -0.2) is 67.5 Å². The van der Waals surface area contributed by atoms with Crippen LogP contribution in [0.2, 0.25) is 0 Å². The third kappa shape index (κ3) is 3.35. The number of nitrogens with zero attached hydrogens (tertiary/aromatic N) is 5. The van der Waals surface area contributed by atoms with Crippen LogP contribution in [0.1, 0.15) is 5.56 Å². The van der Waals surface area contributed by atoms with Gasteiger partial charge in [0.2, 0.25) is 0 Å². The van der Waals surface area contributed by atoms with E-state index in [0.717, 1.165) is 44.3 Å². The molecule has 0 amide bonds. The molecule has 0 bridgehead atoms. The smallest absolute Gasteiger partial charge is 0.157 e.